The maximum Gasteiger partial charge on any atom is 0.387 e. The van der Waals surface area contributed by atoms with Crippen LogP contribution in [0.1, 0.15) is 22.8 Å². The lowest BCUT2D eigenvalue weighted by Gasteiger charge is -2.15. The van der Waals surface area contributed by atoms with Crippen LogP contribution in [0.25, 0.3) is 0 Å². The molecule has 0 fully saturated rings. The first-order valence-electron chi connectivity index (χ1n) is 7.59. The Morgan fingerprint density at radius 1 is 1.12 bits per heavy atom. The van der Waals surface area contributed by atoms with Crippen LogP contribution in [0.3, 0.4) is 0 Å². The zero-order valence-electron chi connectivity index (χ0n) is 14.0. The minimum Gasteiger partial charge on any atom is -0.449 e. The van der Waals surface area contributed by atoms with Gasteiger partial charge in [-0.1, -0.05) is 17.7 Å². The molecule has 0 spiro atoms. The quantitative estimate of drug-likeness (QED) is 0.749. The molecule has 2 rings (SSSR count). The minimum absolute atomic E-state index is 0.0845. The van der Waals surface area contributed by atoms with Crippen molar-refractivity contribution < 1.29 is 27.8 Å². The molecule has 0 aliphatic carbocycles. The molecule has 0 aromatic heterocycles. The topological polar surface area (TPSA) is 64.6 Å². The summed E-state index contributed by atoms with van der Waals surface area (Å²) < 4.78 is 33.5. The lowest BCUT2D eigenvalue weighted by atomic mass is 10.2. The van der Waals surface area contributed by atoms with E-state index in [-0.39, 0.29) is 11.3 Å². The monoisotopic (exact) mass is 383 g/mol. The molecule has 0 unspecified atom stereocenters. The molecule has 5 nitrogen and oxygen atoms in total. The number of anilines is 1. The van der Waals surface area contributed by atoms with Crippen molar-refractivity contribution in [2.24, 2.45) is 0 Å². The van der Waals surface area contributed by atoms with Gasteiger partial charge in [0, 0.05) is 10.7 Å². The van der Waals surface area contributed by atoms with E-state index in [2.05, 4.69) is 10.1 Å². The zero-order valence-corrected chi connectivity index (χ0v) is 14.7. The third kappa shape index (κ3) is 5.16. The van der Waals surface area contributed by atoms with Gasteiger partial charge >= 0.3 is 12.6 Å². The minimum atomic E-state index is -2.95. The standard InChI is InChI=1S/C18H16ClF2NO4/c1-10-14(19)4-3-5-15(10)22-16(23)11(2)25-17(24)12-6-8-13(9-7-12)26-18(20)21/h3-9,11,18H,1-2H3,(H,22,23)/t11-/m0/s1. The maximum absolute atomic E-state index is 12.2. The van der Waals surface area contributed by atoms with Gasteiger partial charge in [0.25, 0.3) is 5.91 Å². The summed E-state index contributed by atoms with van der Waals surface area (Å²) in [4.78, 5) is 24.2. The molecule has 0 saturated carbocycles. The van der Waals surface area contributed by atoms with E-state index in [9.17, 15) is 18.4 Å². The van der Waals surface area contributed by atoms with Crippen molar-refractivity contribution in [1.29, 1.82) is 0 Å². The van der Waals surface area contributed by atoms with Crippen LogP contribution in [-0.4, -0.2) is 24.6 Å². The molecule has 26 heavy (non-hydrogen) atoms. The number of rotatable bonds is 6. The second-order valence-electron chi connectivity index (χ2n) is 5.35. The highest BCUT2D eigenvalue weighted by Crippen LogP contribution is 2.23. The Morgan fingerprint density at radius 3 is 2.38 bits per heavy atom. The van der Waals surface area contributed by atoms with E-state index in [1.165, 1.54) is 31.2 Å². The lowest BCUT2D eigenvalue weighted by Crippen LogP contribution is -2.30. The van der Waals surface area contributed by atoms with Crippen LogP contribution in [0, 0.1) is 6.92 Å². The number of ether oxygens (including phenoxy) is 2. The Kier molecular flexibility index (Phi) is 6.52. The van der Waals surface area contributed by atoms with E-state index in [1.54, 1.807) is 25.1 Å². The third-order valence-corrected chi connectivity index (χ3v) is 3.90. The van der Waals surface area contributed by atoms with Crippen molar-refractivity contribution in [2.45, 2.75) is 26.6 Å². The number of nitrogens with one attached hydrogen (secondary N) is 1. The van der Waals surface area contributed by atoms with Gasteiger partial charge in [0.1, 0.15) is 5.75 Å². The van der Waals surface area contributed by atoms with Crippen LogP contribution in [0.15, 0.2) is 42.5 Å². The fourth-order valence-corrected chi connectivity index (χ4v) is 2.21. The number of benzene rings is 2. The van der Waals surface area contributed by atoms with Gasteiger partial charge < -0.3 is 14.8 Å². The number of hydrogen-bond acceptors (Lipinski definition) is 4. The van der Waals surface area contributed by atoms with Gasteiger partial charge in [0.2, 0.25) is 0 Å². The summed E-state index contributed by atoms with van der Waals surface area (Å²) in [6.45, 7) is 0.213. The van der Waals surface area contributed by atoms with Crippen LogP contribution < -0.4 is 10.1 Å². The predicted octanol–water partition coefficient (Wildman–Crippen LogP) is 4.43. The summed E-state index contributed by atoms with van der Waals surface area (Å²) in [5, 5.41) is 3.13. The predicted molar refractivity (Wildman–Crippen MR) is 92.8 cm³/mol. The third-order valence-electron chi connectivity index (χ3n) is 3.49. The van der Waals surface area contributed by atoms with Gasteiger partial charge in [0.05, 0.1) is 5.56 Å². The van der Waals surface area contributed by atoms with Crippen LogP contribution >= 0.6 is 11.6 Å². The summed E-state index contributed by atoms with van der Waals surface area (Å²) in [5.41, 5.74) is 1.31. The van der Waals surface area contributed by atoms with Crippen LogP contribution in [-0.2, 0) is 9.53 Å². The van der Waals surface area contributed by atoms with Crippen LogP contribution in [0.4, 0.5) is 14.5 Å². The van der Waals surface area contributed by atoms with Crippen molar-refractivity contribution in [3.05, 3.63) is 58.6 Å². The molecule has 0 saturated heterocycles. The van der Waals surface area contributed by atoms with Crippen molar-refractivity contribution in [3.8, 4) is 5.75 Å². The second-order valence-corrected chi connectivity index (χ2v) is 5.76. The molecule has 0 aliphatic rings. The molecule has 0 heterocycles. The summed E-state index contributed by atoms with van der Waals surface area (Å²) in [5.74, 6) is -1.38. The number of esters is 1. The van der Waals surface area contributed by atoms with Crippen molar-refractivity contribution in [3.63, 3.8) is 0 Å². The normalized spacial score (nSPS) is 11.8. The molecule has 1 amide bonds. The van der Waals surface area contributed by atoms with Gasteiger partial charge in [-0.05, 0) is 55.8 Å². The zero-order chi connectivity index (χ0) is 19.3. The van der Waals surface area contributed by atoms with Gasteiger partial charge in [-0.3, -0.25) is 4.79 Å². The molecular weight excluding hydrogens is 368 g/mol. The molecule has 0 aliphatic heterocycles. The molecule has 0 radical (unpaired) electrons. The lowest BCUT2D eigenvalue weighted by molar-refractivity contribution is -0.123. The van der Waals surface area contributed by atoms with Gasteiger partial charge in [0.15, 0.2) is 6.10 Å². The first-order valence-corrected chi connectivity index (χ1v) is 7.97. The summed E-state index contributed by atoms with van der Waals surface area (Å²) >= 11 is 5.99. The highest BCUT2D eigenvalue weighted by Gasteiger charge is 2.20. The average molecular weight is 384 g/mol. The Hall–Kier alpha value is -2.67. The Morgan fingerprint density at radius 2 is 1.77 bits per heavy atom. The van der Waals surface area contributed by atoms with Gasteiger partial charge in [-0.25, -0.2) is 4.79 Å². The van der Waals surface area contributed by atoms with E-state index < -0.39 is 24.6 Å². The van der Waals surface area contributed by atoms with Gasteiger partial charge in [-0.2, -0.15) is 8.78 Å². The number of halogens is 3. The first-order chi connectivity index (χ1) is 12.3. The van der Waals surface area contributed by atoms with E-state index in [1.807, 2.05) is 0 Å². The smallest absolute Gasteiger partial charge is 0.387 e. The largest absolute Gasteiger partial charge is 0.449 e. The summed E-state index contributed by atoms with van der Waals surface area (Å²) in [6, 6.07) is 10.0. The van der Waals surface area contributed by atoms with Crippen molar-refractivity contribution >= 4 is 29.2 Å². The van der Waals surface area contributed by atoms with Gasteiger partial charge in [-0.15, -0.1) is 0 Å². The van der Waals surface area contributed by atoms with E-state index >= 15 is 0 Å². The maximum atomic E-state index is 12.2. The Balaban J connectivity index is 1.97. The van der Waals surface area contributed by atoms with Crippen LogP contribution in [0.5, 0.6) is 5.75 Å². The van der Waals surface area contributed by atoms with Crippen molar-refractivity contribution in [1.82, 2.24) is 0 Å². The molecular formula is C18H16ClF2NO4. The molecule has 2 aromatic rings. The highest BCUT2D eigenvalue weighted by molar-refractivity contribution is 6.31. The Labute approximate surface area is 153 Å². The fourth-order valence-electron chi connectivity index (χ4n) is 2.03. The van der Waals surface area contributed by atoms with Crippen molar-refractivity contribution in [2.75, 3.05) is 5.32 Å². The summed E-state index contributed by atoms with van der Waals surface area (Å²) in [7, 11) is 0. The molecule has 8 heteroatoms. The Bertz CT molecular complexity index is 796. The first kappa shape index (κ1) is 19.7. The second kappa shape index (κ2) is 8.62. The molecule has 2 aromatic carbocycles. The number of amides is 1. The molecule has 0 bridgehead atoms. The van der Waals surface area contributed by atoms with E-state index in [0.29, 0.717) is 16.3 Å². The number of alkyl halides is 2. The fraction of sp³-hybridized carbons (Fsp3) is 0.222. The van der Waals surface area contributed by atoms with E-state index in [4.69, 9.17) is 16.3 Å². The number of carbonyl (C=O) groups excluding carboxylic acids is 2. The van der Waals surface area contributed by atoms with Crippen LogP contribution in [0.2, 0.25) is 5.02 Å². The molecule has 1 N–H and O–H groups in total. The highest BCUT2D eigenvalue weighted by atomic mass is 35.5. The van der Waals surface area contributed by atoms with E-state index in [0.717, 1.165) is 0 Å². The number of carbonyl (C=O) groups is 2. The molecule has 138 valence electrons. The number of hydrogen-bond donors (Lipinski definition) is 1. The average Bonchev–Trinajstić information content (AvgIpc) is 2.59. The molecule has 1 atom stereocenters. The SMILES string of the molecule is Cc1c(Cl)cccc1NC(=O)[C@H](C)OC(=O)c1ccc(OC(F)F)cc1. The summed E-state index contributed by atoms with van der Waals surface area (Å²) in [6.07, 6.45) is -1.07.